The smallest absolute Gasteiger partial charge is 0.511 e. The predicted octanol–water partition coefficient (Wildman–Crippen LogP) is -3.11. The Morgan fingerprint density at radius 3 is 2.38 bits per heavy atom. The van der Waals surface area contributed by atoms with E-state index in [2.05, 4.69) is 25.6 Å². The van der Waals surface area contributed by atoms with E-state index in [1.807, 2.05) is 30.3 Å². The van der Waals surface area contributed by atoms with Crippen LogP contribution in [0.25, 0.3) is 22.5 Å². The molecule has 47 heavy (non-hydrogen) atoms. The van der Waals surface area contributed by atoms with Crippen molar-refractivity contribution in [2.45, 2.75) is 36.2 Å². The molecule has 12 bridgehead atoms. The molecule has 12 aliphatic heterocycles. The molecule has 4 aromatic rings. The van der Waals surface area contributed by atoms with Gasteiger partial charge in [-0.1, -0.05) is 41.9 Å². The Morgan fingerprint density at radius 1 is 0.851 bits per heavy atom. The Bertz CT molecular complexity index is 2030. The number of benzene rings is 2. The molecule has 4 fully saturated rings. The number of hydrogen-bond acceptors (Lipinski definition) is 17. The van der Waals surface area contributed by atoms with E-state index in [1.54, 1.807) is 12.1 Å². The van der Waals surface area contributed by atoms with Gasteiger partial charge in [0.25, 0.3) is 17.5 Å². The van der Waals surface area contributed by atoms with E-state index >= 15 is 0 Å². The van der Waals surface area contributed by atoms with Crippen LogP contribution in [0, 0.1) is 0 Å². The minimum atomic E-state index is -2.19. The molecule has 12 aliphatic rings. The van der Waals surface area contributed by atoms with E-state index in [0.717, 1.165) is 5.56 Å². The molecule has 19 nitrogen and oxygen atoms in total. The first kappa shape index (κ1) is 29.0. The van der Waals surface area contributed by atoms with Crippen LogP contribution >= 0.6 is 11.6 Å². The summed E-state index contributed by atoms with van der Waals surface area (Å²) in [5.74, 6) is -9.35. The number of imidazole rings is 1. The maximum Gasteiger partial charge on any atom is 1.00 e. The van der Waals surface area contributed by atoms with Crippen molar-refractivity contribution < 1.29 is 112 Å². The first-order valence-corrected chi connectivity index (χ1v) is 14.2. The second-order valence-electron chi connectivity index (χ2n) is 11.3. The number of tetrazole rings is 1. The molecular formula is C22H10B4ClKN6O13. The molecule has 0 radical (unpaired) electrons. The molecule has 2 aromatic carbocycles. The van der Waals surface area contributed by atoms with Gasteiger partial charge in [0.15, 0.2) is 16.7 Å². The number of halogens is 1. The maximum atomic E-state index is 6.84. The normalized spacial score (nSPS) is 36.0. The van der Waals surface area contributed by atoms with Gasteiger partial charge in [-0.3, -0.25) is 14.9 Å². The SMILES string of the molecule is CC12OB(OOC34OB(Oc5cc(-c6ccccc6-c6nnn[n-]6)ccc5C56OB7OC(O7)(c7nc(Cl)c3n75)C13OB(O6)O3)O4)O2.[K+]. The minimum absolute atomic E-state index is 0. The van der Waals surface area contributed by atoms with Crippen LogP contribution in [0.5, 0.6) is 5.75 Å². The van der Waals surface area contributed by atoms with Gasteiger partial charge in [-0.2, -0.15) is 10.1 Å². The summed E-state index contributed by atoms with van der Waals surface area (Å²) in [6, 6.07) is 12.7. The third kappa shape index (κ3) is 3.27. The second-order valence-corrected chi connectivity index (χ2v) is 11.7. The fourth-order valence-electron chi connectivity index (χ4n) is 7.05. The fourth-order valence-corrected chi connectivity index (χ4v) is 7.33. The van der Waals surface area contributed by atoms with Gasteiger partial charge in [0.05, 0.1) is 5.56 Å². The van der Waals surface area contributed by atoms with Gasteiger partial charge in [-0.05, 0) is 35.7 Å². The number of nitrogens with zero attached hydrogens (tertiary/aromatic N) is 6. The summed E-state index contributed by atoms with van der Waals surface area (Å²) in [7, 11) is -5.43. The largest absolute Gasteiger partial charge is 1.00 e. The number of rotatable bonds is 2. The van der Waals surface area contributed by atoms with E-state index in [0.29, 0.717) is 17.0 Å². The topological polar surface area (TPSA) is 191 Å². The number of hydrogen-bond donors (Lipinski definition) is 0. The first-order valence-electron chi connectivity index (χ1n) is 13.9. The van der Waals surface area contributed by atoms with Gasteiger partial charge in [-0.25, -0.2) is 9.79 Å². The van der Waals surface area contributed by atoms with Crippen LogP contribution in [0.2, 0.25) is 5.15 Å². The Balaban J connectivity index is 0.00000271. The van der Waals surface area contributed by atoms with Crippen molar-refractivity contribution in [2.24, 2.45) is 0 Å². The summed E-state index contributed by atoms with van der Waals surface area (Å²) in [5, 5.41) is 15.1. The monoisotopic (exact) mass is 684 g/mol. The Morgan fingerprint density at radius 2 is 1.62 bits per heavy atom. The van der Waals surface area contributed by atoms with Crippen molar-refractivity contribution in [3.63, 3.8) is 0 Å². The van der Waals surface area contributed by atoms with E-state index in [1.165, 1.54) is 11.5 Å². The van der Waals surface area contributed by atoms with E-state index < -0.39 is 58.5 Å². The third-order valence-corrected chi connectivity index (χ3v) is 9.29. The van der Waals surface area contributed by atoms with Gasteiger partial charge in [0.2, 0.25) is 5.79 Å². The Hall–Kier alpha value is -1.77. The molecular weight excluding hydrogens is 674 g/mol. The van der Waals surface area contributed by atoms with Crippen molar-refractivity contribution >= 4 is 40.9 Å². The van der Waals surface area contributed by atoms with Crippen LogP contribution in [-0.2, 0) is 73.9 Å². The molecule has 0 aliphatic carbocycles. The summed E-state index contributed by atoms with van der Waals surface area (Å²) in [6.45, 7) is 1.53. The molecule has 4 saturated heterocycles. The Kier molecular flexibility index (Phi) is 5.62. The van der Waals surface area contributed by atoms with Crippen molar-refractivity contribution in [3.8, 4) is 28.3 Å². The minimum Gasteiger partial charge on any atom is -0.511 e. The summed E-state index contributed by atoms with van der Waals surface area (Å²) < 4.78 is 69.7. The van der Waals surface area contributed by atoms with Crippen molar-refractivity contribution in [1.29, 1.82) is 0 Å². The van der Waals surface area contributed by atoms with Crippen LogP contribution in [-0.4, -0.2) is 65.9 Å². The van der Waals surface area contributed by atoms with E-state index in [-0.39, 0.29) is 79.4 Å². The zero-order valence-corrected chi connectivity index (χ0v) is 27.6. The molecule has 226 valence electrons. The van der Waals surface area contributed by atoms with Crippen molar-refractivity contribution in [2.75, 3.05) is 0 Å². The molecule has 25 heteroatoms. The average Bonchev–Trinajstić information content (AvgIpc) is 3.62. The van der Waals surface area contributed by atoms with Gasteiger partial charge >= 0.3 is 86.6 Å². The van der Waals surface area contributed by atoms with Gasteiger partial charge in [0, 0.05) is 5.82 Å². The third-order valence-electron chi connectivity index (χ3n) is 9.03. The van der Waals surface area contributed by atoms with Crippen LogP contribution in [0.15, 0.2) is 42.5 Å². The van der Waals surface area contributed by atoms with Crippen LogP contribution < -0.4 is 61.1 Å². The summed E-state index contributed by atoms with van der Waals surface area (Å²) >= 11 is 6.84. The summed E-state index contributed by atoms with van der Waals surface area (Å²) in [5.41, 5.74) is 2.33. The maximum absolute atomic E-state index is 6.84. The summed E-state index contributed by atoms with van der Waals surface area (Å²) in [6.07, 6.45) is 0. The molecule has 0 amide bonds. The molecule has 1 unspecified atom stereocenters. The van der Waals surface area contributed by atoms with Crippen LogP contribution in [0.3, 0.4) is 0 Å². The molecule has 14 heterocycles. The molecule has 3 spiro atoms. The average molecular weight is 684 g/mol. The summed E-state index contributed by atoms with van der Waals surface area (Å²) in [4.78, 5) is 15.7. The standard InChI is InChI=1S/C22H10B4ClN6O13.K/c1-18-22-19-17-28-15(27)14-21(45-46-26(35-18)36-18)41-23(42-21)34-13-8-9(10-4-2-3-5-11(10)16-29-31-32-30-16)6-7-12(13)20(33(14)17,39-24(37-19)38-19)40-25(43-22)44-22;/h2-8H,1H3;/q-1;+1. The van der Waals surface area contributed by atoms with Gasteiger partial charge < -0.3 is 56.3 Å². The zero-order chi connectivity index (χ0) is 30.3. The predicted molar refractivity (Wildman–Crippen MR) is 139 cm³/mol. The van der Waals surface area contributed by atoms with Crippen molar-refractivity contribution in [1.82, 2.24) is 30.2 Å². The Labute approximate surface area is 309 Å². The second kappa shape index (κ2) is 9.11. The zero-order valence-electron chi connectivity index (χ0n) is 23.7. The molecule has 0 saturated carbocycles. The fraction of sp³-hybridized carbons (Fsp3) is 0.273. The van der Waals surface area contributed by atoms with E-state index in [4.69, 9.17) is 72.5 Å². The molecule has 16 rings (SSSR count). The molecule has 1 atom stereocenters. The van der Waals surface area contributed by atoms with Gasteiger partial charge in [-0.15, -0.1) is 0 Å². The first-order chi connectivity index (χ1) is 22.3. The number of fused-ring (bicyclic) bond motifs is 1. The van der Waals surface area contributed by atoms with Crippen molar-refractivity contribution in [3.05, 3.63) is 64.7 Å². The molecule has 2 aromatic heterocycles. The van der Waals surface area contributed by atoms with Crippen LogP contribution in [0.4, 0.5) is 0 Å². The van der Waals surface area contributed by atoms with Crippen LogP contribution in [0.1, 0.15) is 24.0 Å². The van der Waals surface area contributed by atoms with Gasteiger partial charge in [0.1, 0.15) is 5.75 Å². The number of aromatic nitrogens is 6. The van der Waals surface area contributed by atoms with E-state index in [9.17, 15) is 0 Å². The molecule has 0 N–H and O–H groups in total. The quantitative estimate of drug-likeness (QED) is 0.152.